The van der Waals surface area contributed by atoms with E-state index in [4.69, 9.17) is 52.1 Å². The van der Waals surface area contributed by atoms with Crippen LogP contribution in [0.4, 0.5) is 0 Å². The Balaban J connectivity index is 0.000000163. The molecule has 6 rings (SSSR count). The van der Waals surface area contributed by atoms with Gasteiger partial charge in [-0.25, -0.2) is 15.0 Å². The normalized spacial score (nSPS) is 9.97. The van der Waals surface area contributed by atoms with Crippen LogP contribution in [0.5, 0.6) is 17.6 Å². The van der Waals surface area contributed by atoms with E-state index in [0.717, 1.165) is 47.4 Å². The van der Waals surface area contributed by atoms with E-state index < -0.39 is 0 Å². The van der Waals surface area contributed by atoms with E-state index in [1.54, 1.807) is 21.3 Å². The van der Waals surface area contributed by atoms with Crippen molar-refractivity contribution in [2.75, 3.05) is 21.3 Å². The minimum atomic E-state index is 0. The van der Waals surface area contributed by atoms with Gasteiger partial charge in [-0.1, -0.05) is 54.6 Å². The number of pyridine rings is 3. The Hall–Kier alpha value is -3.40. The Morgan fingerprint density at radius 1 is 0.425 bits per heavy atom. The van der Waals surface area contributed by atoms with Crippen LogP contribution in [0.1, 0.15) is 0 Å². The number of rotatable bonds is 3. The van der Waals surface area contributed by atoms with Crippen LogP contribution >= 0.6 is 0 Å². The predicted molar refractivity (Wildman–Crippen MR) is 162 cm³/mol. The van der Waals surface area contributed by atoms with Gasteiger partial charge in [-0.3, -0.25) is 0 Å². The third-order valence-electron chi connectivity index (χ3n) is 5.60. The molecule has 40 heavy (non-hydrogen) atoms. The Kier molecular flexibility index (Phi) is 11.5. The zero-order valence-corrected chi connectivity index (χ0v) is 26.6. The Bertz CT molecular complexity index is 1540. The van der Waals surface area contributed by atoms with Crippen molar-refractivity contribution in [1.82, 2.24) is 15.0 Å². The summed E-state index contributed by atoms with van der Waals surface area (Å²) in [6.45, 7) is 0. The average Bonchev–Trinajstić information content (AvgIpc) is 2.98. The summed E-state index contributed by atoms with van der Waals surface area (Å²) in [5.74, 6) is 1.81. The van der Waals surface area contributed by atoms with E-state index in [9.17, 15) is 0 Å². The number of ether oxygens (including phenoxy) is 3. The van der Waals surface area contributed by atoms with Crippen LogP contribution in [0.15, 0.2) is 106 Å². The number of hydrogen-bond acceptors (Lipinski definition) is 9. The molecule has 3 aromatic carbocycles. The molecule has 0 fully saturated rings. The van der Waals surface area contributed by atoms with Crippen LogP contribution in [-0.4, -0.2) is 36.3 Å². The summed E-state index contributed by atoms with van der Waals surface area (Å²) in [6.07, 6.45) is 0. The second-order valence-electron chi connectivity index (χ2n) is 8.04. The first-order valence-electron chi connectivity index (χ1n) is 11.8. The van der Waals surface area contributed by atoms with Gasteiger partial charge in [-0.2, -0.15) is 0 Å². The summed E-state index contributed by atoms with van der Waals surface area (Å²) in [5.41, 5.74) is 2.49. The van der Waals surface area contributed by atoms with E-state index in [-0.39, 0.29) is 20.1 Å². The number of nitrogens with zero attached hydrogens (tertiary/aromatic N) is 3. The fourth-order valence-corrected chi connectivity index (χ4v) is 4.37. The molecule has 6 aromatic rings. The third-order valence-corrected chi connectivity index (χ3v) is 6.59. The number of para-hydroxylation sites is 3. The van der Waals surface area contributed by atoms with Crippen molar-refractivity contribution in [3.63, 3.8) is 0 Å². The van der Waals surface area contributed by atoms with E-state index in [0.29, 0.717) is 17.6 Å². The molecule has 3 heterocycles. The molecule has 0 saturated heterocycles. The Morgan fingerprint density at radius 3 is 0.950 bits per heavy atom. The second kappa shape index (κ2) is 14.8. The fourth-order valence-electron chi connectivity index (χ4n) is 3.65. The van der Waals surface area contributed by atoms with Crippen LogP contribution in [0.25, 0.3) is 32.7 Å². The molecule has 0 atom stereocenters. The van der Waals surface area contributed by atoms with Gasteiger partial charge in [0.25, 0.3) is 0 Å². The monoisotopic (exact) mass is 763 g/mol. The van der Waals surface area contributed by atoms with Gasteiger partial charge in [0, 0.05) is 18.2 Å². The maximum Gasteiger partial charge on any atom is 3.00 e. The Morgan fingerprint density at radius 2 is 0.700 bits per heavy atom. The summed E-state index contributed by atoms with van der Waals surface area (Å²) < 4.78 is 15.1. The van der Waals surface area contributed by atoms with Crippen molar-refractivity contribution >= 4 is 70.6 Å². The van der Waals surface area contributed by atoms with Crippen molar-refractivity contribution in [2.24, 2.45) is 0 Å². The van der Waals surface area contributed by atoms with Gasteiger partial charge >= 0.3 is 20.1 Å². The summed E-state index contributed by atoms with van der Waals surface area (Å²) in [7, 11) is 4.79. The number of aromatic nitrogens is 3. The largest absolute Gasteiger partial charge is 3.00 e. The SMILES string of the molecule is COc1ccc2cccc([S-])c2n1.COc1ccc2cccc([S-])c2n1.COc1ccc2cccc([S-])c2n1.[Ir+3]. The van der Waals surface area contributed by atoms with Crippen molar-refractivity contribution < 1.29 is 34.3 Å². The topological polar surface area (TPSA) is 66.4 Å². The third kappa shape index (κ3) is 7.62. The summed E-state index contributed by atoms with van der Waals surface area (Å²) >= 11 is 15.4. The van der Waals surface area contributed by atoms with Crippen LogP contribution < -0.4 is 14.2 Å². The van der Waals surface area contributed by atoms with Gasteiger partial charge in [-0.05, 0) is 34.4 Å². The molecule has 0 radical (unpaired) electrons. The molecule has 0 saturated carbocycles. The first kappa shape index (κ1) is 31.1. The Labute approximate surface area is 263 Å². The number of hydrogen-bond donors (Lipinski definition) is 0. The first-order valence-corrected chi connectivity index (χ1v) is 13.0. The maximum atomic E-state index is 5.14. The van der Waals surface area contributed by atoms with E-state index in [1.807, 2.05) is 91.0 Å². The fraction of sp³-hybridized carbons (Fsp3) is 0.100. The zero-order valence-electron chi connectivity index (χ0n) is 21.8. The van der Waals surface area contributed by atoms with Gasteiger partial charge in [0.2, 0.25) is 17.6 Å². The molecule has 10 heteroatoms. The molecule has 0 aliphatic rings. The molecule has 3 aromatic heterocycles. The van der Waals surface area contributed by atoms with Gasteiger partial charge in [-0.15, -0.1) is 14.7 Å². The maximum absolute atomic E-state index is 5.14. The molecule has 0 N–H and O–H groups in total. The number of fused-ring (bicyclic) bond motifs is 3. The van der Waals surface area contributed by atoms with Crippen LogP contribution in [-0.2, 0) is 58.0 Å². The molecule has 0 aliphatic carbocycles. The van der Waals surface area contributed by atoms with E-state index >= 15 is 0 Å². The molecule has 204 valence electrons. The first-order chi connectivity index (χ1) is 18.9. The van der Waals surface area contributed by atoms with Crippen molar-refractivity contribution in [1.29, 1.82) is 0 Å². The van der Waals surface area contributed by atoms with Crippen molar-refractivity contribution in [2.45, 2.75) is 14.7 Å². The molecule has 0 spiro atoms. The zero-order chi connectivity index (χ0) is 27.8. The summed E-state index contributed by atoms with van der Waals surface area (Å²) in [4.78, 5) is 15.1. The smallest absolute Gasteiger partial charge is 0.778 e. The summed E-state index contributed by atoms with van der Waals surface area (Å²) in [5, 5.41) is 3.15. The average molecular weight is 763 g/mol. The molecular formula is C30H24IrN3O3S3. The molecule has 0 unspecified atom stereocenters. The molecular weight excluding hydrogens is 739 g/mol. The van der Waals surface area contributed by atoms with Crippen LogP contribution in [0.3, 0.4) is 0 Å². The summed E-state index contributed by atoms with van der Waals surface area (Å²) in [6, 6.07) is 28.7. The van der Waals surface area contributed by atoms with E-state index in [2.05, 4.69) is 15.0 Å². The molecule has 0 aliphatic heterocycles. The van der Waals surface area contributed by atoms with E-state index in [1.165, 1.54) is 0 Å². The minimum absolute atomic E-state index is 0. The molecule has 0 bridgehead atoms. The number of methoxy groups -OCH3 is 3. The minimum Gasteiger partial charge on any atom is -0.778 e. The van der Waals surface area contributed by atoms with Gasteiger partial charge in [0.1, 0.15) is 0 Å². The van der Waals surface area contributed by atoms with Gasteiger partial charge in [0.15, 0.2) is 0 Å². The van der Waals surface area contributed by atoms with Gasteiger partial charge < -0.3 is 52.1 Å². The van der Waals surface area contributed by atoms with Crippen molar-refractivity contribution in [3.05, 3.63) is 91.0 Å². The van der Waals surface area contributed by atoms with Crippen LogP contribution in [0.2, 0.25) is 0 Å². The predicted octanol–water partition coefficient (Wildman–Crippen LogP) is 6.45. The second-order valence-corrected chi connectivity index (χ2v) is 9.36. The van der Waals surface area contributed by atoms with Crippen molar-refractivity contribution in [3.8, 4) is 17.6 Å². The van der Waals surface area contributed by atoms with Crippen LogP contribution in [0, 0.1) is 0 Å². The molecule has 0 amide bonds. The number of benzene rings is 3. The van der Waals surface area contributed by atoms with Gasteiger partial charge in [0.05, 0.1) is 37.9 Å². The standard InChI is InChI=1S/3C10H9NOS.Ir/c3*1-12-9-6-5-7-3-2-4-8(13)10(7)11-9;/h3*2-6,13H,1H3;/q;;;+3/p-3. The quantitative estimate of drug-likeness (QED) is 0.190. The molecule has 6 nitrogen and oxygen atoms in total.